The molecule has 1 aliphatic carbocycles. The highest BCUT2D eigenvalue weighted by atomic mass is 16.5. The summed E-state index contributed by atoms with van der Waals surface area (Å²) in [5, 5.41) is 5.55. The van der Waals surface area contributed by atoms with E-state index >= 15 is 0 Å². The maximum Gasteiger partial charge on any atom is 0.338 e. The number of carbonyl (C=O) groups is 3. The highest BCUT2D eigenvalue weighted by molar-refractivity contribution is 5.94. The molecule has 1 aromatic carbocycles. The van der Waals surface area contributed by atoms with E-state index in [0.29, 0.717) is 11.3 Å². The molecular weight excluding hydrogens is 346 g/mol. The van der Waals surface area contributed by atoms with Gasteiger partial charge in [0.15, 0.2) is 6.10 Å². The molecule has 2 fully saturated rings. The van der Waals surface area contributed by atoms with Crippen LogP contribution in [0.2, 0.25) is 0 Å². The Hall–Kier alpha value is -2.57. The van der Waals surface area contributed by atoms with Crippen LogP contribution in [0.3, 0.4) is 0 Å². The molecule has 7 heteroatoms. The smallest absolute Gasteiger partial charge is 0.338 e. The van der Waals surface area contributed by atoms with Crippen molar-refractivity contribution in [2.75, 3.05) is 18.4 Å². The summed E-state index contributed by atoms with van der Waals surface area (Å²) in [6, 6.07) is 6.48. The zero-order valence-electron chi connectivity index (χ0n) is 15.7. The molecule has 0 spiro atoms. The van der Waals surface area contributed by atoms with E-state index < -0.39 is 12.1 Å². The van der Waals surface area contributed by atoms with Gasteiger partial charge in [0.1, 0.15) is 0 Å². The number of rotatable bonds is 5. The van der Waals surface area contributed by atoms with Crippen molar-refractivity contribution >= 4 is 23.6 Å². The number of hydrogen-bond acceptors (Lipinski definition) is 4. The van der Waals surface area contributed by atoms with Crippen molar-refractivity contribution in [1.82, 2.24) is 10.2 Å². The molecule has 1 aliphatic heterocycles. The molecule has 0 bridgehead atoms. The number of urea groups is 1. The van der Waals surface area contributed by atoms with Crippen LogP contribution in [0.4, 0.5) is 10.5 Å². The van der Waals surface area contributed by atoms with Crippen LogP contribution in [0, 0.1) is 0 Å². The van der Waals surface area contributed by atoms with E-state index in [1.165, 1.54) is 0 Å². The van der Waals surface area contributed by atoms with Crippen LogP contribution in [-0.2, 0) is 9.53 Å². The number of anilines is 1. The molecule has 0 aromatic heterocycles. The van der Waals surface area contributed by atoms with E-state index in [-0.39, 0.29) is 18.0 Å². The summed E-state index contributed by atoms with van der Waals surface area (Å²) >= 11 is 0. The average molecular weight is 373 g/mol. The number of esters is 1. The number of benzene rings is 1. The standard InChI is InChI=1S/C20H27N3O4/c1-14(18(24)23-12-4-2-3-5-13-23)27-19(25)15-6-8-16(9-7-15)21-20(26)22-17-10-11-17/h6-9,14,17H,2-5,10-13H2,1H3,(H2,21,22,26)/t14-/m1/s1. The minimum Gasteiger partial charge on any atom is -0.449 e. The molecule has 1 heterocycles. The Labute approximate surface area is 159 Å². The molecule has 3 rings (SSSR count). The second-order valence-electron chi connectivity index (χ2n) is 7.24. The van der Waals surface area contributed by atoms with E-state index in [4.69, 9.17) is 4.74 Å². The quantitative estimate of drug-likeness (QED) is 0.777. The molecule has 2 N–H and O–H groups in total. The largest absolute Gasteiger partial charge is 0.449 e. The molecule has 0 unspecified atom stereocenters. The molecule has 7 nitrogen and oxygen atoms in total. The minimum atomic E-state index is -0.808. The van der Waals surface area contributed by atoms with Crippen molar-refractivity contribution in [3.05, 3.63) is 29.8 Å². The number of amides is 3. The van der Waals surface area contributed by atoms with Gasteiger partial charge in [-0.25, -0.2) is 9.59 Å². The van der Waals surface area contributed by atoms with Gasteiger partial charge in [-0.2, -0.15) is 0 Å². The van der Waals surface area contributed by atoms with Gasteiger partial charge in [-0.3, -0.25) is 4.79 Å². The van der Waals surface area contributed by atoms with Crippen LogP contribution in [0.1, 0.15) is 55.8 Å². The first-order chi connectivity index (χ1) is 13.0. The van der Waals surface area contributed by atoms with E-state index in [0.717, 1.165) is 51.6 Å². The van der Waals surface area contributed by atoms with Crippen molar-refractivity contribution < 1.29 is 19.1 Å². The monoisotopic (exact) mass is 373 g/mol. The van der Waals surface area contributed by atoms with Crippen LogP contribution >= 0.6 is 0 Å². The van der Waals surface area contributed by atoms with Gasteiger partial charge in [0.2, 0.25) is 0 Å². The Morgan fingerprint density at radius 3 is 2.26 bits per heavy atom. The first-order valence-corrected chi connectivity index (χ1v) is 9.70. The first kappa shape index (κ1) is 19.2. The Morgan fingerprint density at radius 2 is 1.67 bits per heavy atom. The lowest BCUT2D eigenvalue weighted by molar-refractivity contribution is -0.139. The number of carbonyl (C=O) groups excluding carboxylic acids is 3. The summed E-state index contributed by atoms with van der Waals surface area (Å²) in [6.45, 7) is 3.07. The fourth-order valence-electron chi connectivity index (χ4n) is 3.10. The Balaban J connectivity index is 1.50. The molecule has 1 saturated heterocycles. The van der Waals surface area contributed by atoms with Gasteiger partial charge in [0.05, 0.1) is 5.56 Å². The Morgan fingerprint density at radius 1 is 1.04 bits per heavy atom. The fraction of sp³-hybridized carbons (Fsp3) is 0.550. The summed E-state index contributed by atoms with van der Waals surface area (Å²) in [7, 11) is 0. The molecule has 1 atom stereocenters. The summed E-state index contributed by atoms with van der Waals surface area (Å²) in [5.74, 6) is -0.681. The van der Waals surface area contributed by atoms with Crippen LogP contribution in [0.15, 0.2) is 24.3 Å². The van der Waals surface area contributed by atoms with Crippen LogP contribution in [0.25, 0.3) is 0 Å². The summed E-state index contributed by atoms with van der Waals surface area (Å²) in [6.07, 6.45) is 5.50. The lowest BCUT2D eigenvalue weighted by atomic mass is 10.2. The van der Waals surface area contributed by atoms with Crippen molar-refractivity contribution in [3.63, 3.8) is 0 Å². The highest BCUT2D eigenvalue weighted by Gasteiger charge is 2.25. The SMILES string of the molecule is C[C@@H](OC(=O)c1ccc(NC(=O)NC2CC2)cc1)C(=O)N1CCCCCC1. The molecule has 2 aliphatic rings. The van der Waals surface area contributed by atoms with Gasteiger partial charge < -0.3 is 20.3 Å². The van der Waals surface area contributed by atoms with E-state index in [1.807, 2.05) is 0 Å². The van der Waals surface area contributed by atoms with Crippen molar-refractivity contribution in [1.29, 1.82) is 0 Å². The van der Waals surface area contributed by atoms with Gasteiger partial charge in [0.25, 0.3) is 5.91 Å². The molecule has 146 valence electrons. The minimum absolute atomic E-state index is 0.139. The number of hydrogen-bond donors (Lipinski definition) is 2. The predicted octanol–water partition coefficient (Wildman–Crippen LogP) is 2.92. The second-order valence-corrected chi connectivity index (χ2v) is 7.24. The number of ether oxygens (including phenoxy) is 1. The highest BCUT2D eigenvalue weighted by Crippen LogP contribution is 2.19. The van der Waals surface area contributed by atoms with Gasteiger partial charge in [0, 0.05) is 24.8 Å². The fourth-order valence-corrected chi connectivity index (χ4v) is 3.10. The van der Waals surface area contributed by atoms with Gasteiger partial charge in [-0.05, 0) is 56.9 Å². The predicted molar refractivity (Wildman–Crippen MR) is 102 cm³/mol. The van der Waals surface area contributed by atoms with Gasteiger partial charge in [-0.1, -0.05) is 12.8 Å². The molecule has 1 aromatic rings. The van der Waals surface area contributed by atoms with Crippen molar-refractivity contribution in [3.8, 4) is 0 Å². The summed E-state index contributed by atoms with van der Waals surface area (Å²) in [5.41, 5.74) is 0.942. The summed E-state index contributed by atoms with van der Waals surface area (Å²) < 4.78 is 5.34. The van der Waals surface area contributed by atoms with Gasteiger partial charge in [-0.15, -0.1) is 0 Å². The lowest BCUT2D eigenvalue weighted by Gasteiger charge is -2.24. The van der Waals surface area contributed by atoms with Crippen molar-refractivity contribution in [2.24, 2.45) is 0 Å². The molecule has 27 heavy (non-hydrogen) atoms. The summed E-state index contributed by atoms with van der Waals surface area (Å²) in [4.78, 5) is 38.3. The third kappa shape index (κ3) is 5.70. The Bertz CT molecular complexity index is 677. The average Bonchev–Trinajstić information content (AvgIpc) is 3.48. The molecule has 1 saturated carbocycles. The second kappa shape index (κ2) is 8.88. The normalized spacial score (nSPS) is 18.2. The molecular formula is C20H27N3O4. The van der Waals surface area contributed by atoms with E-state index in [1.54, 1.807) is 36.1 Å². The van der Waals surface area contributed by atoms with Crippen molar-refractivity contribution in [2.45, 2.75) is 57.6 Å². The molecule has 3 amide bonds. The zero-order valence-corrected chi connectivity index (χ0v) is 15.7. The first-order valence-electron chi connectivity index (χ1n) is 9.70. The number of likely N-dealkylation sites (tertiary alicyclic amines) is 1. The van der Waals surface area contributed by atoms with E-state index in [9.17, 15) is 14.4 Å². The Kier molecular flexibility index (Phi) is 6.32. The van der Waals surface area contributed by atoms with Crippen LogP contribution in [-0.4, -0.2) is 48.0 Å². The maximum absolute atomic E-state index is 12.5. The number of nitrogens with one attached hydrogen (secondary N) is 2. The van der Waals surface area contributed by atoms with Crippen LogP contribution in [0.5, 0.6) is 0 Å². The zero-order chi connectivity index (χ0) is 19.2. The maximum atomic E-state index is 12.5. The third-order valence-electron chi connectivity index (χ3n) is 4.84. The topological polar surface area (TPSA) is 87.7 Å². The van der Waals surface area contributed by atoms with Gasteiger partial charge >= 0.3 is 12.0 Å². The lowest BCUT2D eigenvalue weighted by Crippen LogP contribution is -2.40. The van der Waals surface area contributed by atoms with E-state index in [2.05, 4.69) is 10.6 Å². The third-order valence-corrected chi connectivity index (χ3v) is 4.84. The van der Waals surface area contributed by atoms with Crippen LogP contribution < -0.4 is 10.6 Å². The number of nitrogens with zero attached hydrogens (tertiary/aromatic N) is 1. The molecule has 0 radical (unpaired) electrons.